The highest BCUT2D eigenvalue weighted by molar-refractivity contribution is 7.92. The molecule has 1 aromatic heterocycles. The van der Waals surface area contributed by atoms with Crippen LogP contribution in [0.4, 0.5) is 0 Å². The molecular weight excluding hydrogens is 236 g/mol. The Hall–Kier alpha value is -0.880. The molecule has 0 bridgehead atoms. The van der Waals surface area contributed by atoms with Crippen LogP contribution in [0.1, 0.15) is 22.6 Å². The molecule has 1 atom stereocenters. The van der Waals surface area contributed by atoms with Gasteiger partial charge < -0.3 is 4.74 Å². The van der Waals surface area contributed by atoms with Crippen LogP contribution in [0.2, 0.25) is 0 Å². The van der Waals surface area contributed by atoms with Crippen LogP contribution >= 0.6 is 11.3 Å². The number of ether oxygens (including phenoxy) is 1. The normalized spacial score (nSPS) is 22.3. The average Bonchev–Trinajstić information content (AvgIpc) is 2.60. The Balaban J connectivity index is 2.42. The van der Waals surface area contributed by atoms with E-state index in [4.69, 9.17) is 4.74 Å². The summed E-state index contributed by atoms with van der Waals surface area (Å²) in [7, 11) is -3.39. The molecule has 6 heteroatoms. The molecule has 0 radical (unpaired) electrons. The maximum absolute atomic E-state index is 11.7. The van der Waals surface area contributed by atoms with Gasteiger partial charge in [0.2, 0.25) is 0 Å². The molecule has 2 heterocycles. The van der Waals surface area contributed by atoms with Gasteiger partial charge in [0.25, 0.3) is 0 Å². The first kappa shape index (κ1) is 10.6. The zero-order valence-electron chi connectivity index (χ0n) is 8.10. The third-order valence-electron chi connectivity index (χ3n) is 2.24. The van der Waals surface area contributed by atoms with E-state index in [1.54, 1.807) is 18.4 Å². The van der Waals surface area contributed by atoms with Crippen LogP contribution in [-0.4, -0.2) is 21.0 Å². The monoisotopic (exact) mass is 246 g/mol. The molecule has 1 aliphatic rings. The van der Waals surface area contributed by atoms with Crippen LogP contribution in [-0.2, 0) is 25.1 Å². The summed E-state index contributed by atoms with van der Waals surface area (Å²) in [6.07, 6.45) is 0. The molecule has 2 rings (SSSR count). The van der Waals surface area contributed by atoms with Crippen molar-refractivity contribution in [2.24, 2.45) is 0 Å². The van der Waals surface area contributed by atoms with Crippen molar-refractivity contribution in [1.29, 1.82) is 0 Å². The number of carbonyl (C=O) groups is 1. The molecule has 1 aromatic rings. The van der Waals surface area contributed by atoms with E-state index in [0.29, 0.717) is 4.88 Å². The molecule has 0 aliphatic carbocycles. The summed E-state index contributed by atoms with van der Waals surface area (Å²) in [6, 6.07) is 1.75. The quantitative estimate of drug-likeness (QED) is 0.737. The van der Waals surface area contributed by atoms with Gasteiger partial charge >= 0.3 is 5.97 Å². The fraction of sp³-hybridized carbons (Fsp3) is 0.444. The zero-order chi connectivity index (χ0) is 11.1. The Bertz CT molecular complexity index is 486. The second kappa shape index (κ2) is 3.61. The van der Waals surface area contributed by atoms with Gasteiger partial charge in [0, 0.05) is 4.88 Å². The fourth-order valence-corrected chi connectivity index (χ4v) is 4.91. The lowest BCUT2D eigenvalue weighted by Crippen LogP contribution is -2.20. The van der Waals surface area contributed by atoms with Gasteiger partial charge in [-0.15, -0.1) is 11.3 Å². The Morgan fingerprint density at radius 3 is 3.07 bits per heavy atom. The van der Waals surface area contributed by atoms with Crippen LogP contribution in [0.3, 0.4) is 0 Å². The van der Waals surface area contributed by atoms with Gasteiger partial charge in [-0.3, -0.25) is 4.79 Å². The molecule has 0 fully saturated rings. The standard InChI is InChI=1S/C9H10O4S2/c1-2-13-9(10)8-7-6(3-4-14-7)5-15(8,11)12/h3-4,8H,2,5H2,1H3. The molecule has 0 N–H and O–H groups in total. The van der Waals surface area contributed by atoms with Gasteiger partial charge in [-0.25, -0.2) is 8.42 Å². The predicted molar refractivity (Wildman–Crippen MR) is 56.3 cm³/mol. The topological polar surface area (TPSA) is 60.4 Å². The lowest BCUT2D eigenvalue weighted by molar-refractivity contribution is -0.142. The van der Waals surface area contributed by atoms with Crippen molar-refractivity contribution in [3.05, 3.63) is 21.9 Å². The summed E-state index contributed by atoms with van der Waals surface area (Å²) in [5.41, 5.74) is 0.734. The van der Waals surface area contributed by atoms with Gasteiger partial charge in [-0.2, -0.15) is 0 Å². The Labute approximate surface area is 91.8 Å². The third kappa shape index (κ3) is 1.68. The lowest BCUT2D eigenvalue weighted by atomic mass is 10.2. The Morgan fingerprint density at radius 1 is 1.67 bits per heavy atom. The van der Waals surface area contributed by atoms with Crippen molar-refractivity contribution in [2.75, 3.05) is 6.61 Å². The number of esters is 1. The molecule has 82 valence electrons. The third-order valence-corrected chi connectivity index (χ3v) is 5.27. The second-order valence-electron chi connectivity index (χ2n) is 3.25. The molecule has 0 amide bonds. The van der Waals surface area contributed by atoms with Gasteiger partial charge in [-0.05, 0) is 23.9 Å². The SMILES string of the molecule is CCOC(=O)C1c2sccc2CS1(=O)=O. The van der Waals surface area contributed by atoms with Crippen molar-refractivity contribution < 1.29 is 17.9 Å². The van der Waals surface area contributed by atoms with Gasteiger partial charge in [0.1, 0.15) is 0 Å². The maximum atomic E-state index is 11.7. The van der Waals surface area contributed by atoms with E-state index < -0.39 is 21.1 Å². The summed E-state index contributed by atoms with van der Waals surface area (Å²) < 4.78 is 28.2. The molecule has 0 saturated heterocycles. The van der Waals surface area contributed by atoms with Crippen LogP contribution in [0, 0.1) is 0 Å². The molecule has 1 aliphatic heterocycles. The Morgan fingerprint density at radius 2 is 2.40 bits per heavy atom. The molecule has 0 aromatic carbocycles. The summed E-state index contributed by atoms with van der Waals surface area (Å²) in [5.74, 6) is -0.700. The molecule has 0 spiro atoms. The van der Waals surface area contributed by atoms with E-state index >= 15 is 0 Å². The molecular formula is C9H10O4S2. The predicted octanol–water partition coefficient (Wildman–Crippen LogP) is 1.28. The first-order valence-corrected chi connectivity index (χ1v) is 7.10. The summed E-state index contributed by atoms with van der Waals surface area (Å²) in [6.45, 7) is 1.86. The van der Waals surface area contributed by atoms with Crippen molar-refractivity contribution in [3.8, 4) is 0 Å². The minimum atomic E-state index is -3.39. The van der Waals surface area contributed by atoms with Crippen LogP contribution < -0.4 is 0 Å². The van der Waals surface area contributed by atoms with Crippen LogP contribution in [0.25, 0.3) is 0 Å². The molecule has 1 unspecified atom stereocenters. The van der Waals surface area contributed by atoms with E-state index in [9.17, 15) is 13.2 Å². The number of rotatable bonds is 2. The van der Waals surface area contributed by atoms with Crippen LogP contribution in [0.15, 0.2) is 11.4 Å². The summed E-state index contributed by atoms with van der Waals surface area (Å²) in [4.78, 5) is 12.1. The van der Waals surface area contributed by atoms with Gasteiger partial charge in [0.15, 0.2) is 15.1 Å². The van der Waals surface area contributed by atoms with Gasteiger partial charge in [-0.1, -0.05) is 0 Å². The smallest absolute Gasteiger partial charge is 0.329 e. The second-order valence-corrected chi connectivity index (χ2v) is 6.28. The number of sulfone groups is 1. The molecule has 4 nitrogen and oxygen atoms in total. The van der Waals surface area contributed by atoms with E-state index in [1.807, 2.05) is 0 Å². The van der Waals surface area contributed by atoms with Gasteiger partial charge in [0.05, 0.1) is 12.4 Å². The highest BCUT2D eigenvalue weighted by atomic mass is 32.2. The fourth-order valence-electron chi connectivity index (χ4n) is 1.63. The van der Waals surface area contributed by atoms with E-state index in [1.165, 1.54) is 11.3 Å². The Kier molecular flexibility index (Phi) is 2.56. The first-order chi connectivity index (χ1) is 7.06. The van der Waals surface area contributed by atoms with E-state index in [-0.39, 0.29) is 12.4 Å². The number of carbonyl (C=O) groups excluding carboxylic acids is 1. The maximum Gasteiger partial charge on any atom is 0.329 e. The van der Waals surface area contributed by atoms with E-state index in [2.05, 4.69) is 0 Å². The number of thiophene rings is 1. The van der Waals surface area contributed by atoms with Crippen molar-refractivity contribution in [2.45, 2.75) is 17.9 Å². The van der Waals surface area contributed by atoms with Crippen LogP contribution in [0.5, 0.6) is 0 Å². The lowest BCUT2D eigenvalue weighted by Gasteiger charge is -2.08. The van der Waals surface area contributed by atoms with Crippen molar-refractivity contribution in [1.82, 2.24) is 0 Å². The van der Waals surface area contributed by atoms with E-state index in [0.717, 1.165) is 5.56 Å². The number of hydrogen-bond acceptors (Lipinski definition) is 5. The van der Waals surface area contributed by atoms with Crippen molar-refractivity contribution >= 4 is 27.1 Å². The zero-order valence-corrected chi connectivity index (χ0v) is 9.73. The highest BCUT2D eigenvalue weighted by Gasteiger charge is 2.43. The van der Waals surface area contributed by atoms with Crippen molar-refractivity contribution in [3.63, 3.8) is 0 Å². The first-order valence-electron chi connectivity index (χ1n) is 4.50. The largest absolute Gasteiger partial charge is 0.465 e. The minimum absolute atomic E-state index is 0.0463. The molecule has 15 heavy (non-hydrogen) atoms. The number of fused-ring (bicyclic) bond motifs is 1. The highest BCUT2D eigenvalue weighted by Crippen LogP contribution is 2.40. The summed E-state index contributed by atoms with van der Waals surface area (Å²) in [5, 5.41) is 0.707. The number of hydrogen-bond donors (Lipinski definition) is 0. The molecule has 0 saturated carbocycles. The summed E-state index contributed by atoms with van der Waals surface area (Å²) >= 11 is 1.30. The average molecular weight is 246 g/mol. The minimum Gasteiger partial charge on any atom is -0.465 e.